The Morgan fingerprint density at radius 2 is 2.05 bits per heavy atom. The van der Waals surface area contributed by atoms with Crippen LogP contribution in [0.15, 0.2) is 18.2 Å². The molecule has 1 saturated carbocycles. The van der Waals surface area contributed by atoms with Crippen molar-refractivity contribution in [1.82, 2.24) is 0 Å². The molecular formula is C17H24O3. The second-order valence-corrected chi connectivity index (χ2v) is 5.54. The molecule has 1 aliphatic rings. The summed E-state index contributed by atoms with van der Waals surface area (Å²) in [5.74, 6) is 2.22. The van der Waals surface area contributed by atoms with Crippen LogP contribution >= 0.6 is 0 Å². The molecule has 2 rings (SSSR count). The predicted molar refractivity (Wildman–Crippen MR) is 79.6 cm³/mol. The van der Waals surface area contributed by atoms with Gasteiger partial charge in [-0.15, -0.1) is 0 Å². The largest absolute Gasteiger partial charge is 0.493 e. The first-order chi connectivity index (χ1) is 9.71. The van der Waals surface area contributed by atoms with Crippen LogP contribution in [0.5, 0.6) is 11.5 Å². The molecule has 0 bridgehead atoms. The van der Waals surface area contributed by atoms with E-state index >= 15 is 0 Å². The molecule has 3 nitrogen and oxygen atoms in total. The summed E-state index contributed by atoms with van der Waals surface area (Å²) < 4.78 is 10.7. The fraction of sp³-hybridized carbons (Fsp3) is 0.588. The minimum Gasteiger partial charge on any atom is -0.493 e. The van der Waals surface area contributed by atoms with Crippen molar-refractivity contribution in [3.63, 3.8) is 0 Å². The number of rotatable bonds is 5. The van der Waals surface area contributed by atoms with Crippen LogP contribution in [0.1, 0.15) is 49.4 Å². The van der Waals surface area contributed by atoms with Crippen LogP contribution in [-0.2, 0) is 0 Å². The highest BCUT2D eigenvalue weighted by atomic mass is 16.5. The lowest BCUT2D eigenvalue weighted by atomic mass is 9.77. The maximum absolute atomic E-state index is 12.8. The second-order valence-electron chi connectivity index (χ2n) is 5.54. The van der Waals surface area contributed by atoms with Crippen molar-refractivity contribution in [1.29, 1.82) is 0 Å². The van der Waals surface area contributed by atoms with E-state index in [0.29, 0.717) is 23.0 Å². The lowest BCUT2D eigenvalue weighted by molar-refractivity contribution is 0.0858. The van der Waals surface area contributed by atoms with Gasteiger partial charge in [0.1, 0.15) is 0 Å². The zero-order valence-corrected chi connectivity index (χ0v) is 12.6. The van der Waals surface area contributed by atoms with E-state index in [2.05, 4.69) is 6.92 Å². The molecule has 0 heterocycles. The maximum Gasteiger partial charge on any atom is 0.171 e. The van der Waals surface area contributed by atoms with E-state index in [9.17, 15) is 4.79 Å². The summed E-state index contributed by atoms with van der Waals surface area (Å²) in [7, 11) is 3.18. The zero-order valence-electron chi connectivity index (χ0n) is 12.6. The molecule has 0 amide bonds. The van der Waals surface area contributed by atoms with Crippen LogP contribution in [0, 0.1) is 11.8 Å². The van der Waals surface area contributed by atoms with Gasteiger partial charge < -0.3 is 9.47 Å². The standard InChI is InChI=1S/C17H24O3/c1-4-12-7-5-8-13(11-12)16(18)14-9-6-10-15(19-2)17(14)20-3/h6,9-10,12-13H,4-5,7-8,11H2,1-3H3. The molecule has 0 saturated heterocycles. The van der Waals surface area contributed by atoms with Gasteiger partial charge in [-0.1, -0.05) is 32.3 Å². The summed E-state index contributed by atoms with van der Waals surface area (Å²) in [6, 6.07) is 5.53. The lowest BCUT2D eigenvalue weighted by Gasteiger charge is -2.28. The first-order valence-corrected chi connectivity index (χ1v) is 7.46. The quantitative estimate of drug-likeness (QED) is 0.759. The highest BCUT2D eigenvalue weighted by Gasteiger charge is 2.29. The molecule has 0 aliphatic heterocycles. The number of hydrogen-bond donors (Lipinski definition) is 0. The van der Waals surface area contributed by atoms with Gasteiger partial charge in [-0.2, -0.15) is 0 Å². The molecule has 0 N–H and O–H groups in total. The van der Waals surface area contributed by atoms with Gasteiger partial charge in [-0.25, -0.2) is 0 Å². The number of carbonyl (C=O) groups is 1. The van der Waals surface area contributed by atoms with Gasteiger partial charge in [0.25, 0.3) is 0 Å². The highest BCUT2D eigenvalue weighted by molar-refractivity contribution is 6.01. The van der Waals surface area contributed by atoms with Crippen LogP contribution in [0.2, 0.25) is 0 Å². The van der Waals surface area contributed by atoms with E-state index in [-0.39, 0.29) is 11.7 Å². The third kappa shape index (κ3) is 2.97. The van der Waals surface area contributed by atoms with Crippen molar-refractivity contribution in [3.05, 3.63) is 23.8 Å². The smallest absolute Gasteiger partial charge is 0.171 e. The zero-order chi connectivity index (χ0) is 14.5. The Hall–Kier alpha value is -1.51. The molecule has 1 fully saturated rings. The fourth-order valence-corrected chi connectivity index (χ4v) is 3.20. The van der Waals surface area contributed by atoms with Crippen molar-refractivity contribution in [2.24, 2.45) is 11.8 Å². The van der Waals surface area contributed by atoms with Crippen LogP contribution in [0.25, 0.3) is 0 Å². The molecule has 0 radical (unpaired) electrons. The van der Waals surface area contributed by atoms with Gasteiger partial charge in [-0.05, 0) is 30.9 Å². The van der Waals surface area contributed by atoms with Crippen LogP contribution in [-0.4, -0.2) is 20.0 Å². The molecule has 0 spiro atoms. The van der Waals surface area contributed by atoms with E-state index in [1.54, 1.807) is 14.2 Å². The molecule has 1 aliphatic carbocycles. The number of ether oxygens (including phenoxy) is 2. The first-order valence-electron chi connectivity index (χ1n) is 7.46. The first kappa shape index (κ1) is 14.9. The lowest BCUT2D eigenvalue weighted by Crippen LogP contribution is -2.23. The van der Waals surface area contributed by atoms with Gasteiger partial charge in [-0.3, -0.25) is 4.79 Å². The average molecular weight is 276 g/mol. The Bertz CT molecular complexity index is 467. The molecule has 1 aromatic carbocycles. The Balaban J connectivity index is 2.24. The molecule has 3 heteroatoms. The minimum atomic E-state index is 0.134. The van der Waals surface area contributed by atoms with Crippen LogP contribution in [0.4, 0.5) is 0 Å². The molecule has 2 atom stereocenters. The summed E-state index contributed by atoms with van der Waals surface area (Å²) in [6.07, 6.45) is 5.58. The summed E-state index contributed by atoms with van der Waals surface area (Å²) >= 11 is 0. The SMILES string of the molecule is CCC1CCCC(C(=O)c2cccc(OC)c2OC)C1. The van der Waals surface area contributed by atoms with Gasteiger partial charge in [0, 0.05) is 5.92 Å². The molecule has 1 aromatic rings. The third-order valence-electron chi connectivity index (χ3n) is 4.40. The molecule has 110 valence electrons. The average Bonchev–Trinajstić information content (AvgIpc) is 2.53. The number of Topliss-reactive ketones (excluding diaryl/α,β-unsaturated/α-hetero) is 1. The van der Waals surface area contributed by atoms with E-state index < -0.39 is 0 Å². The maximum atomic E-state index is 12.8. The van der Waals surface area contributed by atoms with E-state index in [1.165, 1.54) is 12.8 Å². The molecular weight excluding hydrogens is 252 g/mol. The van der Waals surface area contributed by atoms with Crippen LogP contribution < -0.4 is 9.47 Å². The van der Waals surface area contributed by atoms with E-state index in [4.69, 9.17) is 9.47 Å². The van der Waals surface area contributed by atoms with Gasteiger partial charge in [0.15, 0.2) is 17.3 Å². The highest BCUT2D eigenvalue weighted by Crippen LogP contribution is 2.37. The number of benzene rings is 1. The monoisotopic (exact) mass is 276 g/mol. The minimum absolute atomic E-state index is 0.134. The summed E-state index contributed by atoms with van der Waals surface area (Å²) in [4.78, 5) is 12.8. The van der Waals surface area contributed by atoms with Gasteiger partial charge in [0.2, 0.25) is 0 Å². The van der Waals surface area contributed by atoms with Crippen LogP contribution in [0.3, 0.4) is 0 Å². The van der Waals surface area contributed by atoms with Gasteiger partial charge >= 0.3 is 0 Å². The molecule has 0 aromatic heterocycles. The predicted octanol–water partition coefficient (Wildman–Crippen LogP) is 4.10. The number of hydrogen-bond acceptors (Lipinski definition) is 3. The Labute approximate surface area is 121 Å². The number of ketones is 1. The molecule has 2 unspecified atom stereocenters. The van der Waals surface area contributed by atoms with Crippen molar-refractivity contribution >= 4 is 5.78 Å². The number of methoxy groups -OCH3 is 2. The van der Waals surface area contributed by atoms with Crippen molar-refractivity contribution in [3.8, 4) is 11.5 Å². The Kier molecular flexibility index (Phi) is 5.05. The van der Waals surface area contributed by atoms with Crippen molar-refractivity contribution in [2.75, 3.05) is 14.2 Å². The topological polar surface area (TPSA) is 35.5 Å². The second kappa shape index (κ2) is 6.78. The number of para-hydroxylation sites is 1. The summed E-state index contributed by atoms with van der Waals surface area (Å²) in [5.41, 5.74) is 0.661. The fourth-order valence-electron chi connectivity index (χ4n) is 3.20. The van der Waals surface area contributed by atoms with E-state index in [0.717, 1.165) is 19.3 Å². The van der Waals surface area contributed by atoms with Gasteiger partial charge in [0.05, 0.1) is 19.8 Å². The molecule has 20 heavy (non-hydrogen) atoms. The third-order valence-corrected chi connectivity index (χ3v) is 4.40. The van der Waals surface area contributed by atoms with Crippen molar-refractivity contribution < 1.29 is 14.3 Å². The summed E-state index contributed by atoms with van der Waals surface area (Å²) in [6.45, 7) is 2.21. The normalized spacial score (nSPS) is 22.4. The Morgan fingerprint density at radius 3 is 2.70 bits per heavy atom. The Morgan fingerprint density at radius 1 is 1.25 bits per heavy atom. The van der Waals surface area contributed by atoms with E-state index in [1.807, 2.05) is 18.2 Å². The number of carbonyl (C=O) groups excluding carboxylic acids is 1. The van der Waals surface area contributed by atoms with Crippen molar-refractivity contribution in [2.45, 2.75) is 39.0 Å². The summed E-state index contributed by atoms with van der Waals surface area (Å²) in [5, 5.41) is 0.